The Morgan fingerprint density at radius 2 is 2.22 bits per heavy atom. The summed E-state index contributed by atoms with van der Waals surface area (Å²) in [7, 11) is -2.95. The van der Waals surface area contributed by atoms with Crippen molar-refractivity contribution < 1.29 is 13.2 Å². The topological polar surface area (TPSA) is 68.5 Å². The Balaban J connectivity index is 2.16. The van der Waals surface area contributed by atoms with E-state index in [0.717, 1.165) is 11.8 Å². The molecular formula is C12H12N2O3S. The molecule has 3 heterocycles. The van der Waals surface area contributed by atoms with Crippen molar-refractivity contribution >= 4 is 21.6 Å². The molecule has 0 N–H and O–H groups in total. The number of hydrogen-bond acceptors (Lipinski definition) is 4. The molecule has 1 aliphatic rings. The van der Waals surface area contributed by atoms with Crippen molar-refractivity contribution in [3.63, 3.8) is 0 Å². The summed E-state index contributed by atoms with van der Waals surface area (Å²) in [5.41, 5.74) is 1.32. The molecule has 0 saturated carbocycles. The van der Waals surface area contributed by atoms with Crippen LogP contribution < -0.4 is 0 Å². The number of pyridine rings is 1. The molecule has 18 heavy (non-hydrogen) atoms. The number of carbonyl (C=O) groups excluding carboxylic acids is 1. The van der Waals surface area contributed by atoms with Crippen LogP contribution in [0.15, 0.2) is 24.4 Å². The van der Waals surface area contributed by atoms with Gasteiger partial charge in [0.25, 0.3) is 0 Å². The van der Waals surface area contributed by atoms with E-state index in [1.807, 2.05) is 6.07 Å². The Bertz CT molecular complexity index is 718. The maximum absolute atomic E-state index is 11.5. The molecule has 1 saturated heterocycles. The third kappa shape index (κ3) is 1.73. The number of rotatable bonds is 2. The molecule has 0 amide bonds. The number of aldehydes is 1. The van der Waals surface area contributed by atoms with Crippen molar-refractivity contribution in [3.8, 4) is 0 Å². The van der Waals surface area contributed by atoms with E-state index in [1.165, 1.54) is 0 Å². The van der Waals surface area contributed by atoms with E-state index in [4.69, 9.17) is 0 Å². The van der Waals surface area contributed by atoms with Crippen LogP contribution in [0.3, 0.4) is 0 Å². The Hall–Kier alpha value is -1.69. The van der Waals surface area contributed by atoms with Gasteiger partial charge in [0.1, 0.15) is 5.82 Å². The van der Waals surface area contributed by atoms with Crippen molar-refractivity contribution in [2.24, 2.45) is 0 Å². The van der Waals surface area contributed by atoms with Gasteiger partial charge in [-0.2, -0.15) is 0 Å². The van der Waals surface area contributed by atoms with Crippen molar-refractivity contribution in [1.82, 2.24) is 9.38 Å². The fourth-order valence-corrected chi connectivity index (χ4v) is 4.22. The van der Waals surface area contributed by atoms with Gasteiger partial charge in [-0.1, -0.05) is 6.07 Å². The first kappa shape index (κ1) is 11.4. The summed E-state index contributed by atoms with van der Waals surface area (Å²) in [6.45, 7) is 0. The minimum absolute atomic E-state index is 0.112. The Kier molecular flexibility index (Phi) is 2.48. The molecule has 3 rings (SSSR count). The van der Waals surface area contributed by atoms with Crippen LogP contribution in [0.2, 0.25) is 0 Å². The van der Waals surface area contributed by atoms with Crippen LogP contribution >= 0.6 is 0 Å². The van der Waals surface area contributed by atoms with Gasteiger partial charge in [-0.15, -0.1) is 0 Å². The summed E-state index contributed by atoms with van der Waals surface area (Å²) in [4.78, 5) is 15.3. The lowest BCUT2D eigenvalue weighted by Gasteiger charge is -2.08. The SMILES string of the molecule is O=Cc1cccc2cnc(C3CCS(=O)(=O)C3)n12. The number of sulfone groups is 1. The lowest BCUT2D eigenvalue weighted by Crippen LogP contribution is -2.09. The molecule has 5 nitrogen and oxygen atoms in total. The van der Waals surface area contributed by atoms with E-state index in [9.17, 15) is 13.2 Å². The third-order valence-electron chi connectivity index (χ3n) is 3.33. The minimum Gasteiger partial charge on any atom is -0.296 e. The lowest BCUT2D eigenvalue weighted by molar-refractivity contribution is 0.111. The average Bonchev–Trinajstić information content (AvgIpc) is 2.91. The zero-order valence-corrected chi connectivity index (χ0v) is 10.4. The summed E-state index contributed by atoms with van der Waals surface area (Å²) in [6, 6.07) is 5.34. The quantitative estimate of drug-likeness (QED) is 0.760. The lowest BCUT2D eigenvalue weighted by atomic mass is 10.1. The second kappa shape index (κ2) is 3.91. The van der Waals surface area contributed by atoms with Crippen LogP contribution in [0, 0.1) is 0 Å². The Labute approximate surface area is 104 Å². The number of aromatic nitrogens is 2. The van der Waals surface area contributed by atoms with Gasteiger partial charge in [-0.3, -0.25) is 9.20 Å². The summed E-state index contributed by atoms with van der Waals surface area (Å²) < 4.78 is 24.8. The minimum atomic E-state index is -2.95. The van der Waals surface area contributed by atoms with E-state index in [-0.39, 0.29) is 17.4 Å². The highest BCUT2D eigenvalue weighted by molar-refractivity contribution is 7.91. The van der Waals surface area contributed by atoms with Gasteiger partial charge in [0.2, 0.25) is 0 Å². The van der Waals surface area contributed by atoms with Crippen LogP contribution in [0.4, 0.5) is 0 Å². The molecule has 0 bridgehead atoms. The largest absolute Gasteiger partial charge is 0.296 e. The van der Waals surface area contributed by atoms with Gasteiger partial charge in [-0.05, 0) is 18.6 Å². The van der Waals surface area contributed by atoms with E-state index >= 15 is 0 Å². The zero-order valence-electron chi connectivity index (χ0n) is 9.61. The summed E-state index contributed by atoms with van der Waals surface area (Å²) in [5, 5.41) is 0. The molecule has 0 radical (unpaired) electrons. The van der Waals surface area contributed by atoms with Crippen LogP contribution in [0.1, 0.15) is 28.7 Å². The van der Waals surface area contributed by atoms with Crippen LogP contribution in [0.25, 0.3) is 5.52 Å². The van der Waals surface area contributed by atoms with E-state index in [1.54, 1.807) is 22.7 Å². The highest BCUT2D eigenvalue weighted by Gasteiger charge is 2.31. The number of nitrogens with zero attached hydrogens (tertiary/aromatic N) is 2. The van der Waals surface area contributed by atoms with Gasteiger partial charge in [0, 0.05) is 5.92 Å². The van der Waals surface area contributed by atoms with Crippen molar-refractivity contribution in [3.05, 3.63) is 35.9 Å². The molecule has 6 heteroatoms. The van der Waals surface area contributed by atoms with Gasteiger partial charge >= 0.3 is 0 Å². The molecule has 2 aromatic heterocycles. The fraction of sp³-hybridized carbons (Fsp3) is 0.333. The molecular weight excluding hydrogens is 252 g/mol. The van der Waals surface area contributed by atoms with Gasteiger partial charge in [0.05, 0.1) is 28.9 Å². The number of hydrogen-bond donors (Lipinski definition) is 0. The first-order valence-electron chi connectivity index (χ1n) is 5.73. The molecule has 0 aromatic carbocycles. The standard InChI is InChI=1S/C12H12N2O3S/c15-7-11-3-1-2-10-6-13-12(14(10)11)9-4-5-18(16,17)8-9/h1-3,6-7,9H,4-5,8H2. The molecule has 94 valence electrons. The molecule has 1 atom stereocenters. The van der Waals surface area contributed by atoms with Crippen LogP contribution in [-0.2, 0) is 9.84 Å². The second-order valence-electron chi connectivity index (χ2n) is 4.55. The van der Waals surface area contributed by atoms with Crippen LogP contribution in [-0.4, -0.2) is 35.6 Å². The first-order chi connectivity index (χ1) is 8.61. The van der Waals surface area contributed by atoms with Crippen molar-refractivity contribution in [2.75, 3.05) is 11.5 Å². The predicted octanol–water partition coefficient (Wildman–Crippen LogP) is 1.05. The smallest absolute Gasteiger partial charge is 0.166 e. The normalized spacial score (nSPS) is 22.3. The van der Waals surface area contributed by atoms with Gasteiger partial charge in [0.15, 0.2) is 16.1 Å². The van der Waals surface area contributed by atoms with Gasteiger partial charge in [-0.25, -0.2) is 13.4 Å². The predicted molar refractivity (Wildman–Crippen MR) is 66.6 cm³/mol. The molecule has 0 aliphatic carbocycles. The maximum Gasteiger partial charge on any atom is 0.166 e. The molecule has 2 aromatic rings. The molecule has 0 spiro atoms. The average molecular weight is 264 g/mol. The van der Waals surface area contributed by atoms with E-state index in [0.29, 0.717) is 17.9 Å². The Morgan fingerprint density at radius 3 is 2.89 bits per heavy atom. The van der Waals surface area contributed by atoms with Gasteiger partial charge < -0.3 is 0 Å². The van der Waals surface area contributed by atoms with E-state index < -0.39 is 9.84 Å². The summed E-state index contributed by atoms with van der Waals surface area (Å²) in [6.07, 6.45) is 3.02. The van der Waals surface area contributed by atoms with Crippen molar-refractivity contribution in [2.45, 2.75) is 12.3 Å². The highest BCUT2D eigenvalue weighted by atomic mass is 32.2. The number of carbonyl (C=O) groups is 1. The van der Waals surface area contributed by atoms with E-state index in [2.05, 4.69) is 4.98 Å². The third-order valence-corrected chi connectivity index (χ3v) is 5.09. The fourth-order valence-electron chi connectivity index (χ4n) is 2.48. The number of imidazole rings is 1. The highest BCUT2D eigenvalue weighted by Crippen LogP contribution is 2.28. The first-order valence-corrected chi connectivity index (χ1v) is 7.55. The maximum atomic E-state index is 11.5. The second-order valence-corrected chi connectivity index (χ2v) is 6.77. The monoisotopic (exact) mass is 264 g/mol. The number of fused-ring (bicyclic) bond motifs is 1. The summed E-state index contributed by atoms with van der Waals surface area (Å²) >= 11 is 0. The summed E-state index contributed by atoms with van der Waals surface area (Å²) in [5.74, 6) is 0.891. The van der Waals surface area contributed by atoms with Crippen LogP contribution in [0.5, 0.6) is 0 Å². The molecule has 1 fully saturated rings. The van der Waals surface area contributed by atoms with Crippen molar-refractivity contribution in [1.29, 1.82) is 0 Å². The molecule has 1 aliphatic heterocycles. The molecule has 1 unspecified atom stereocenters. The zero-order chi connectivity index (χ0) is 12.8. The Morgan fingerprint density at radius 1 is 1.39 bits per heavy atom.